The number of nitrogens with one attached hydrogen (secondary N) is 1. The molecule has 1 unspecified atom stereocenters. The summed E-state index contributed by atoms with van der Waals surface area (Å²) >= 11 is 0. The van der Waals surface area contributed by atoms with Crippen LogP contribution in [-0.4, -0.2) is 35.4 Å². The van der Waals surface area contributed by atoms with E-state index < -0.39 is 0 Å². The van der Waals surface area contributed by atoms with Gasteiger partial charge in [0.2, 0.25) is 0 Å². The van der Waals surface area contributed by atoms with E-state index in [4.69, 9.17) is 0 Å². The Labute approximate surface area is 126 Å². The number of hydrogen-bond acceptors (Lipinski definition) is 4. The van der Waals surface area contributed by atoms with Crippen molar-refractivity contribution in [2.24, 2.45) is 0 Å². The molecule has 0 spiro atoms. The highest BCUT2D eigenvalue weighted by atomic mass is 15.2. The molecule has 21 heavy (non-hydrogen) atoms. The molecule has 0 aliphatic carbocycles. The molecule has 112 valence electrons. The number of hydrogen-bond donors (Lipinski definition) is 1. The minimum absolute atomic E-state index is 0.529. The Morgan fingerprint density at radius 3 is 3.00 bits per heavy atom. The number of piperidine rings is 1. The van der Waals surface area contributed by atoms with Crippen LogP contribution >= 0.6 is 0 Å². The zero-order valence-electron chi connectivity index (χ0n) is 12.9. The lowest BCUT2D eigenvalue weighted by atomic mass is 10.00. The van der Waals surface area contributed by atoms with Gasteiger partial charge in [0.1, 0.15) is 0 Å². The van der Waals surface area contributed by atoms with E-state index in [9.17, 15) is 0 Å². The Kier molecular flexibility index (Phi) is 4.34. The summed E-state index contributed by atoms with van der Waals surface area (Å²) in [4.78, 5) is 2.52. The molecule has 4 heteroatoms. The molecule has 1 atom stereocenters. The molecule has 0 radical (unpaired) electrons. The normalized spacial score (nSPS) is 19.4. The quantitative estimate of drug-likeness (QED) is 0.937. The maximum atomic E-state index is 4.24. The third-order valence-electron chi connectivity index (χ3n) is 4.22. The Balaban J connectivity index is 1.91. The van der Waals surface area contributed by atoms with E-state index in [1.54, 1.807) is 0 Å². The topological polar surface area (TPSA) is 41.0 Å². The van der Waals surface area contributed by atoms with E-state index >= 15 is 0 Å². The molecule has 1 aromatic heterocycles. The third kappa shape index (κ3) is 3.16. The zero-order chi connectivity index (χ0) is 14.7. The van der Waals surface area contributed by atoms with E-state index in [2.05, 4.69) is 46.4 Å². The van der Waals surface area contributed by atoms with Crippen LogP contribution in [0.1, 0.15) is 33.1 Å². The summed E-state index contributed by atoms with van der Waals surface area (Å²) in [6, 6.07) is 9.38. The molecule has 3 rings (SSSR count). The van der Waals surface area contributed by atoms with Gasteiger partial charge in [-0.15, -0.1) is 0 Å². The SMILES string of the molecule is CC(C)NCC1CCCCN1c1cnnc2ccccc12. The van der Waals surface area contributed by atoms with Crippen molar-refractivity contribution in [3.8, 4) is 0 Å². The van der Waals surface area contributed by atoms with E-state index in [0.29, 0.717) is 12.1 Å². The average Bonchev–Trinajstić information content (AvgIpc) is 2.53. The third-order valence-corrected chi connectivity index (χ3v) is 4.22. The van der Waals surface area contributed by atoms with Crippen molar-refractivity contribution in [3.63, 3.8) is 0 Å². The molecule has 1 aromatic carbocycles. The van der Waals surface area contributed by atoms with Crippen LogP contribution in [0.25, 0.3) is 10.9 Å². The van der Waals surface area contributed by atoms with Crippen LogP contribution in [0.15, 0.2) is 30.5 Å². The van der Waals surface area contributed by atoms with Gasteiger partial charge in [-0.1, -0.05) is 32.0 Å². The van der Waals surface area contributed by atoms with Gasteiger partial charge in [-0.3, -0.25) is 0 Å². The second-order valence-corrected chi connectivity index (χ2v) is 6.15. The van der Waals surface area contributed by atoms with Crippen LogP contribution in [0, 0.1) is 0 Å². The second-order valence-electron chi connectivity index (χ2n) is 6.15. The van der Waals surface area contributed by atoms with Gasteiger partial charge in [0.15, 0.2) is 0 Å². The van der Waals surface area contributed by atoms with Crippen molar-refractivity contribution >= 4 is 16.6 Å². The van der Waals surface area contributed by atoms with Crippen LogP contribution < -0.4 is 10.2 Å². The number of rotatable bonds is 4. The predicted octanol–water partition coefficient (Wildman–Crippen LogP) is 2.99. The van der Waals surface area contributed by atoms with E-state index in [0.717, 1.165) is 18.6 Å². The minimum Gasteiger partial charge on any atom is -0.365 e. The summed E-state index contributed by atoms with van der Waals surface area (Å²) in [5.41, 5.74) is 2.21. The first-order chi connectivity index (χ1) is 10.3. The lowest BCUT2D eigenvalue weighted by Gasteiger charge is -2.38. The summed E-state index contributed by atoms with van der Waals surface area (Å²) in [6.07, 6.45) is 5.75. The maximum Gasteiger partial charge on any atom is 0.0950 e. The van der Waals surface area contributed by atoms with Gasteiger partial charge in [-0.05, 0) is 25.3 Å². The number of benzene rings is 1. The first kappa shape index (κ1) is 14.3. The lowest BCUT2D eigenvalue weighted by molar-refractivity contribution is 0.421. The number of nitrogens with zero attached hydrogens (tertiary/aromatic N) is 3. The van der Waals surface area contributed by atoms with Crippen molar-refractivity contribution in [1.29, 1.82) is 0 Å². The highest BCUT2D eigenvalue weighted by Gasteiger charge is 2.24. The van der Waals surface area contributed by atoms with E-state index in [-0.39, 0.29) is 0 Å². The van der Waals surface area contributed by atoms with Crippen LogP contribution in [-0.2, 0) is 0 Å². The molecule has 2 heterocycles. The first-order valence-corrected chi connectivity index (χ1v) is 7.96. The summed E-state index contributed by atoms with van der Waals surface area (Å²) in [5.74, 6) is 0. The molecular weight excluding hydrogens is 260 g/mol. The molecule has 1 saturated heterocycles. The Bertz CT molecular complexity index is 591. The molecule has 1 fully saturated rings. The van der Waals surface area contributed by atoms with E-state index in [1.807, 2.05) is 18.3 Å². The van der Waals surface area contributed by atoms with Gasteiger partial charge in [-0.25, -0.2) is 0 Å². The molecule has 4 nitrogen and oxygen atoms in total. The fourth-order valence-corrected chi connectivity index (χ4v) is 3.12. The van der Waals surface area contributed by atoms with Gasteiger partial charge in [-0.2, -0.15) is 10.2 Å². The molecule has 0 bridgehead atoms. The van der Waals surface area contributed by atoms with Gasteiger partial charge >= 0.3 is 0 Å². The molecule has 1 aliphatic rings. The second kappa shape index (κ2) is 6.39. The molecule has 2 aromatic rings. The standard InChI is InChI=1S/C17H24N4/c1-13(2)18-11-14-7-5-6-10-21(14)17-12-19-20-16-9-4-3-8-15(16)17/h3-4,8-9,12-14,18H,5-7,10-11H2,1-2H3. The fourth-order valence-electron chi connectivity index (χ4n) is 3.12. The first-order valence-electron chi connectivity index (χ1n) is 7.96. The zero-order valence-corrected chi connectivity index (χ0v) is 12.9. The number of anilines is 1. The molecule has 0 amide bonds. The van der Waals surface area contributed by atoms with Crippen molar-refractivity contribution in [2.75, 3.05) is 18.0 Å². The van der Waals surface area contributed by atoms with Crippen LogP contribution in [0.3, 0.4) is 0 Å². The van der Waals surface area contributed by atoms with Crippen molar-refractivity contribution in [3.05, 3.63) is 30.5 Å². The Hall–Kier alpha value is -1.68. The summed E-state index contributed by atoms with van der Waals surface area (Å²) < 4.78 is 0. The smallest absolute Gasteiger partial charge is 0.0950 e. The number of fused-ring (bicyclic) bond motifs is 1. The highest BCUT2D eigenvalue weighted by Crippen LogP contribution is 2.29. The van der Waals surface area contributed by atoms with Crippen molar-refractivity contribution < 1.29 is 0 Å². The largest absolute Gasteiger partial charge is 0.365 e. The van der Waals surface area contributed by atoms with E-state index in [1.165, 1.54) is 30.3 Å². The van der Waals surface area contributed by atoms with Crippen molar-refractivity contribution in [2.45, 2.75) is 45.2 Å². The Morgan fingerprint density at radius 1 is 1.29 bits per heavy atom. The Morgan fingerprint density at radius 2 is 2.14 bits per heavy atom. The van der Waals surface area contributed by atoms with Gasteiger partial charge in [0.05, 0.1) is 17.4 Å². The van der Waals surface area contributed by atoms with Gasteiger partial charge in [0, 0.05) is 30.6 Å². The van der Waals surface area contributed by atoms with Gasteiger partial charge < -0.3 is 10.2 Å². The maximum absolute atomic E-state index is 4.24. The molecular formula is C17H24N4. The monoisotopic (exact) mass is 284 g/mol. The summed E-state index contributed by atoms with van der Waals surface area (Å²) in [7, 11) is 0. The fraction of sp³-hybridized carbons (Fsp3) is 0.529. The lowest BCUT2D eigenvalue weighted by Crippen LogP contribution is -2.47. The average molecular weight is 284 g/mol. The molecule has 1 N–H and O–H groups in total. The minimum atomic E-state index is 0.529. The van der Waals surface area contributed by atoms with Crippen LogP contribution in [0.2, 0.25) is 0 Å². The van der Waals surface area contributed by atoms with Crippen LogP contribution in [0.4, 0.5) is 5.69 Å². The van der Waals surface area contributed by atoms with Crippen molar-refractivity contribution in [1.82, 2.24) is 15.5 Å². The summed E-state index contributed by atoms with van der Waals surface area (Å²) in [5, 5.41) is 13.2. The number of aromatic nitrogens is 2. The molecule has 1 aliphatic heterocycles. The molecule has 0 saturated carbocycles. The highest BCUT2D eigenvalue weighted by molar-refractivity contribution is 5.90. The summed E-state index contributed by atoms with van der Waals surface area (Å²) in [6.45, 7) is 6.56. The van der Waals surface area contributed by atoms with Gasteiger partial charge in [0.25, 0.3) is 0 Å². The van der Waals surface area contributed by atoms with Crippen LogP contribution in [0.5, 0.6) is 0 Å². The predicted molar refractivity (Wildman–Crippen MR) is 87.7 cm³/mol.